The van der Waals surface area contributed by atoms with E-state index in [4.69, 9.17) is 26.1 Å². The Bertz CT molecular complexity index is 1340. The molecule has 1 aromatic carbocycles. The summed E-state index contributed by atoms with van der Waals surface area (Å²) >= 11 is 7.47. The lowest BCUT2D eigenvalue weighted by atomic mass is 9.98. The van der Waals surface area contributed by atoms with Crippen LogP contribution in [0, 0.1) is 11.7 Å². The van der Waals surface area contributed by atoms with Crippen molar-refractivity contribution < 1.29 is 23.5 Å². The number of anilines is 1. The third-order valence-electron chi connectivity index (χ3n) is 5.97. The van der Waals surface area contributed by atoms with Gasteiger partial charge in [-0.15, -0.1) is 11.3 Å². The van der Waals surface area contributed by atoms with Gasteiger partial charge in [0.25, 0.3) is 0 Å². The van der Waals surface area contributed by atoms with Crippen molar-refractivity contribution in [2.75, 3.05) is 31.6 Å². The van der Waals surface area contributed by atoms with E-state index in [9.17, 15) is 9.59 Å². The number of rotatable bonds is 8. The average Bonchev–Trinajstić information content (AvgIpc) is 3.37. The predicted octanol–water partition coefficient (Wildman–Crippen LogP) is 6.77. The number of benzene rings is 1. The van der Waals surface area contributed by atoms with E-state index in [0.29, 0.717) is 48.8 Å². The molecular formula is C27H29ClFN5O4S. The molecule has 9 nitrogen and oxygen atoms in total. The topological polar surface area (TPSA) is 107 Å². The van der Waals surface area contributed by atoms with Crippen molar-refractivity contribution in [1.82, 2.24) is 19.9 Å². The van der Waals surface area contributed by atoms with Gasteiger partial charge in [0.2, 0.25) is 5.28 Å². The van der Waals surface area contributed by atoms with Crippen LogP contribution in [0.15, 0.2) is 43.1 Å². The number of ether oxygens (including phenoxy) is 2. The highest BCUT2D eigenvalue weighted by molar-refractivity contribution is 7.15. The Morgan fingerprint density at radius 1 is 1.26 bits per heavy atom. The fraction of sp³-hybridized carbons (Fsp3) is 0.370. The van der Waals surface area contributed by atoms with Crippen LogP contribution < -0.4 is 5.32 Å². The van der Waals surface area contributed by atoms with Crippen molar-refractivity contribution in [3.63, 3.8) is 0 Å². The predicted molar refractivity (Wildman–Crippen MR) is 148 cm³/mol. The SMILES string of the molecule is C=CCOC(=O)Nc1cccc(-c2nc(C3CCN(C(=O)OCC(C)C)CC3)sc2-c2ccnc(Cl)n2)c1F. The van der Waals surface area contributed by atoms with Gasteiger partial charge in [-0.2, -0.15) is 0 Å². The number of hydrogen-bond acceptors (Lipinski definition) is 8. The van der Waals surface area contributed by atoms with Crippen molar-refractivity contribution in [3.05, 3.63) is 59.2 Å². The van der Waals surface area contributed by atoms with Crippen LogP contribution in [0.25, 0.3) is 21.8 Å². The molecule has 0 atom stereocenters. The zero-order valence-electron chi connectivity index (χ0n) is 21.7. The van der Waals surface area contributed by atoms with Gasteiger partial charge >= 0.3 is 12.2 Å². The third-order valence-corrected chi connectivity index (χ3v) is 7.39. The molecule has 0 radical (unpaired) electrons. The lowest BCUT2D eigenvalue weighted by Gasteiger charge is -2.30. The summed E-state index contributed by atoms with van der Waals surface area (Å²) in [5.74, 6) is -0.331. The van der Waals surface area contributed by atoms with Gasteiger partial charge in [0.15, 0.2) is 5.82 Å². The van der Waals surface area contributed by atoms with Gasteiger partial charge < -0.3 is 14.4 Å². The van der Waals surface area contributed by atoms with Gasteiger partial charge in [-0.25, -0.2) is 28.9 Å². The summed E-state index contributed by atoms with van der Waals surface area (Å²) in [6, 6.07) is 6.34. The fourth-order valence-electron chi connectivity index (χ4n) is 4.06. The first-order valence-corrected chi connectivity index (χ1v) is 13.7. The first-order valence-electron chi connectivity index (χ1n) is 12.5. The van der Waals surface area contributed by atoms with Crippen molar-refractivity contribution in [3.8, 4) is 21.8 Å². The summed E-state index contributed by atoms with van der Waals surface area (Å²) in [5, 5.41) is 3.28. The van der Waals surface area contributed by atoms with Gasteiger partial charge in [-0.1, -0.05) is 32.6 Å². The van der Waals surface area contributed by atoms with E-state index < -0.39 is 11.9 Å². The first-order chi connectivity index (χ1) is 18.8. The van der Waals surface area contributed by atoms with E-state index >= 15 is 4.39 Å². The second-order valence-corrected chi connectivity index (χ2v) is 10.7. The summed E-state index contributed by atoms with van der Waals surface area (Å²) in [4.78, 5) is 39.9. The van der Waals surface area contributed by atoms with E-state index in [1.807, 2.05) is 13.8 Å². The second kappa shape index (κ2) is 13.0. The number of amides is 2. The van der Waals surface area contributed by atoms with E-state index in [1.54, 1.807) is 23.1 Å². The van der Waals surface area contributed by atoms with Crippen molar-refractivity contribution >= 4 is 40.8 Å². The molecule has 206 valence electrons. The van der Waals surface area contributed by atoms with Gasteiger partial charge in [0, 0.05) is 30.8 Å². The molecule has 0 bridgehead atoms. The molecule has 1 aliphatic rings. The zero-order chi connectivity index (χ0) is 27.9. The molecule has 0 unspecified atom stereocenters. The largest absolute Gasteiger partial charge is 0.449 e. The molecule has 3 aromatic rings. The third kappa shape index (κ3) is 7.10. The van der Waals surface area contributed by atoms with E-state index in [0.717, 1.165) is 5.01 Å². The van der Waals surface area contributed by atoms with Crippen LogP contribution in [0.1, 0.15) is 37.6 Å². The summed E-state index contributed by atoms with van der Waals surface area (Å²) in [5.41, 5.74) is 1.03. The molecule has 0 saturated carbocycles. The minimum Gasteiger partial charge on any atom is -0.449 e. The number of thiazole rings is 1. The summed E-state index contributed by atoms with van der Waals surface area (Å²) < 4.78 is 26.0. The molecule has 2 amide bonds. The van der Waals surface area contributed by atoms with Gasteiger partial charge in [-0.05, 0) is 48.6 Å². The minimum absolute atomic E-state index is 0.00449. The molecule has 1 fully saturated rings. The average molecular weight is 574 g/mol. The molecule has 3 heterocycles. The number of piperidine rings is 1. The molecule has 12 heteroatoms. The van der Waals surface area contributed by atoms with Crippen molar-refractivity contribution in [2.45, 2.75) is 32.6 Å². The van der Waals surface area contributed by atoms with Crippen molar-refractivity contribution in [1.29, 1.82) is 0 Å². The number of nitrogens with one attached hydrogen (secondary N) is 1. The van der Waals surface area contributed by atoms with Crippen LogP contribution in [0.3, 0.4) is 0 Å². The Hall–Kier alpha value is -3.57. The molecule has 0 aliphatic carbocycles. The number of carbonyl (C=O) groups is 2. The fourth-order valence-corrected chi connectivity index (χ4v) is 5.43. The molecule has 39 heavy (non-hydrogen) atoms. The van der Waals surface area contributed by atoms with Gasteiger partial charge in [0.1, 0.15) is 6.61 Å². The van der Waals surface area contributed by atoms with Gasteiger partial charge in [-0.3, -0.25) is 5.32 Å². The number of hydrogen-bond donors (Lipinski definition) is 1. The molecule has 4 rings (SSSR count). The lowest BCUT2D eigenvalue weighted by Crippen LogP contribution is -2.38. The lowest BCUT2D eigenvalue weighted by molar-refractivity contribution is 0.0834. The maximum atomic E-state index is 15.7. The summed E-state index contributed by atoms with van der Waals surface area (Å²) in [6.07, 6.45) is 3.21. The molecule has 2 aromatic heterocycles. The van der Waals surface area contributed by atoms with Gasteiger partial charge in [0.05, 0.1) is 33.6 Å². The van der Waals surface area contributed by atoms with E-state index in [2.05, 4.69) is 21.9 Å². The van der Waals surface area contributed by atoms with Crippen LogP contribution in [-0.4, -0.2) is 58.3 Å². The number of halogens is 2. The molecule has 1 saturated heterocycles. The van der Waals surface area contributed by atoms with E-state index in [-0.39, 0.29) is 41.1 Å². The van der Waals surface area contributed by atoms with Crippen LogP contribution >= 0.6 is 22.9 Å². The molecule has 1 aliphatic heterocycles. The summed E-state index contributed by atoms with van der Waals surface area (Å²) in [7, 11) is 0. The molecular weight excluding hydrogens is 545 g/mol. The Morgan fingerprint density at radius 3 is 2.72 bits per heavy atom. The number of aromatic nitrogens is 3. The first kappa shape index (κ1) is 28.4. The number of nitrogens with zero attached hydrogens (tertiary/aromatic N) is 4. The monoisotopic (exact) mass is 573 g/mol. The minimum atomic E-state index is -0.800. The highest BCUT2D eigenvalue weighted by atomic mass is 35.5. The van der Waals surface area contributed by atoms with Crippen LogP contribution in [-0.2, 0) is 9.47 Å². The van der Waals surface area contributed by atoms with Crippen LogP contribution in [0.2, 0.25) is 5.28 Å². The van der Waals surface area contributed by atoms with Crippen molar-refractivity contribution in [2.24, 2.45) is 5.92 Å². The highest BCUT2D eigenvalue weighted by Gasteiger charge is 2.29. The Balaban J connectivity index is 1.63. The maximum Gasteiger partial charge on any atom is 0.412 e. The molecule has 1 N–H and O–H groups in total. The number of carbonyl (C=O) groups excluding carboxylic acids is 2. The Kier molecular flexibility index (Phi) is 9.47. The maximum absolute atomic E-state index is 15.7. The summed E-state index contributed by atoms with van der Waals surface area (Å²) in [6.45, 7) is 8.92. The Labute approximate surface area is 235 Å². The van der Waals surface area contributed by atoms with Crippen LogP contribution in [0.4, 0.5) is 19.7 Å². The second-order valence-electron chi connectivity index (χ2n) is 9.35. The number of likely N-dealkylation sites (tertiary alicyclic amines) is 1. The molecule has 0 spiro atoms. The van der Waals surface area contributed by atoms with Crippen LogP contribution in [0.5, 0.6) is 0 Å². The standard InChI is InChI=1S/C27H29ClFN5O4S/c1-4-14-37-26(35)32-19-7-5-6-18(21(19)29)22-23(20-8-11-30-25(28)31-20)39-24(33-22)17-9-12-34(13-10-17)27(36)38-15-16(2)3/h4-8,11,16-17H,1,9-10,12-15H2,2-3H3,(H,32,35). The smallest absolute Gasteiger partial charge is 0.412 e. The normalized spacial score (nSPS) is 13.8. The zero-order valence-corrected chi connectivity index (χ0v) is 23.2. The quantitative estimate of drug-likeness (QED) is 0.234. The Morgan fingerprint density at radius 2 is 2.03 bits per heavy atom. The van der Waals surface area contributed by atoms with E-state index in [1.165, 1.54) is 29.7 Å². The highest BCUT2D eigenvalue weighted by Crippen LogP contribution is 2.42.